The second kappa shape index (κ2) is 13.3. The number of hydrogen-bond acceptors (Lipinski definition) is 5. The van der Waals surface area contributed by atoms with Gasteiger partial charge in [-0.3, -0.25) is 0 Å². The van der Waals surface area contributed by atoms with Crippen LogP contribution in [0.1, 0.15) is 62.5 Å². The van der Waals surface area contributed by atoms with E-state index in [-0.39, 0.29) is 11.2 Å². The summed E-state index contributed by atoms with van der Waals surface area (Å²) < 4.78 is 32.9. The predicted octanol–water partition coefficient (Wildman–Crippen LogP) is 9.28. The highest BCUT2D eigenvalue weighted by atomic mass is 32.2. The third-order valence-electron chi connectivity index (χ3n) is 8.98. The summed E-state index contributed by atoms with van der Waals surface area (Å²) in [4.78, 5) is 20.6. The van der Waals surface area contributed by atoms with Crippen molar-refractivity contribution in [2.45, 2.75) is 61.7 Å². The highest BCUT2D eigenvalue weighted by Gasteiger charge is 2.35. The Morgan fingerprint density at radius 3 is 2.70 bits per heavy atom. The summed E-state index contributed by atoms with van der Waals surface area (Å²) in [7, 11) is 1.76. The van der Waals surface area contributed by atoms with Gasteiger partial charge in [0, 0.05) is 35.1 Å². The molecule has 1 aliphatic rings. The van der Waals surface area contributed by atoms with Gasteiger partial charge >= 0.3 is 5.97 Å². The molecule has 6 nitrogen and oxygen atoms in total. The molecule has 0 aliphatic carbocycles. The third kappa shape index (κ3) is 7.04. The molecule has 0 saturated carbocycles. The summed E-state index contributed by atoms with van der Waals surface area (Å²) in [6.45, 7) is 6.68. The maximum absolute atomic E-state index is 15.7. The lowest BCUT2D eigenvalue weighted by Gasteiger charge is -2.30. The van der Waals surface area contributed by atoms with E-state index >= 15 is 8.78 Å². The van der Waals surface area contributed by atoms with Crippen LogP contribution in [-0.2, 0) is 23.7 Å². The molecule has 1 aliphatic heterocycles. The number of H-pyrrole nitrogens is 1. The molecular weight excluding hydrogens is 635 g/mol. The number of carboxylic acid groups (broad SMARTS) is 1. The van der Waals surface area contributed by atoms with Crippen LogP contribution in [0.15, 0.2) is 76.7 Å². The molecular formula is C37H38F2N4O2S2. The summed E-state index contributed by atoms with van der Waals surface area (Å²) >= 11 is 3.19. The molecule has 0 amide bonds. The number of benzene rings is 3. The third-order valence-corrected chi connectivity index (χ3v) is 11.6. The largest absolute Gasteiger partial charge is 0.478 e. The second-order valence-electron chi connectivity index (χ2n) is 13.2. The zero-order valence-electron chi connectivity index (χ0n) is 26.9. The van der Waals surface area contributed by atoms with E-state index in [9.17, 15) is 9.90 Å². The van der Waals surface area contributed by atoms with Crippen molar-refractivity contribution in [1.82, 2.24) is 19.7 Å². The maximum Gasteiger partial charge on any atom is 0.328 e. The fraction of sp³-hybridized carbons (Fsp3) is 0.324. The van der Waals surface area contributed by atoms with E-state index in [1.807, 2.05) is 48.3 Å². The monoisotopic (exact) mass is 672 g/mol. The van der Waals surface area contributed by atoms with E-state index in [0.29, 0.717) is 33.4 Å². The Kier molecular flexibility index (Phi) is 9.36. The van der Waals surface area contributed by atoms with Gasteiger partial charge in [0.1, 0.15) is 11.6 Å². The van der Waals surface area contributed by atoms with Crippen LogP contribution in [0.4, 0.5) is 8.78 Å². The van der Waals surface area contributed by atoms with Crippen LogP contribution in [-0.4, -0.2) is 42.3 Å². The highest BCUT2D eigenvalue weighted by molar-refractivity contribution is 7.99. The summed E-state index contributed by atoms with van der Waals surface area (Å²) in [5, 5.41) is 15.1. The number of nitrogens with one attached hydrogen (secondary N) is 1. The average Bonchev–Trinajstić information content (AvgIpc) is 3.66. The van der Waals surface area contributed by atoms with Crippen LogP contribution in [0, 0.1) is 17.0 Å². The van der Waals surface area contributed by atoms with Gasteiger partial charge in [-0.25, -0.2) is 23.2 Å². The number of aryl methyl sites for hydroxylation is 2. The number of halogens is 2. The number of carboxylic acids is 1. The molecule has 6 rings (SSSR count). The molecule has 10 heteroatoms. The zero-order valence-corrected chi connectivity index (χ0v) is 28.6. The first-order valence-corrected chi connectivity index (χ1v) is 17.7. The smallest absolute Gasteiger partial charge is 0.328 e. The number of aromatic amines is 1. The van der Waals surface area contributed by atoms with Gasteiger partial charge in [0.25, 0.3) is 0 Å². The molecule has 47 heavy (non-hydrogen) atoms. The van der Waals surface area contributed by atoms with Gasteiger partial charge in [0.05, 0.1) is 15.9 Å². The van der Waals surface area contributed by atoms with Crippen molar-refractivity contribution < 1.29 is 18.7 Å². The molecule has 5 aromatic rings. The Morgan fingerprint density at radius 1 is 1.06 bits per heavy atom. The number of hydrogen-bond donors (Lipinski definition) is 2. The zero-order chi connectivity index (χ0) is 33.3. The van der Waals surface area contributed by atoms with E-state index < -0.39 is 17.2 Å². The quantitative estimate of drug-likeness (QED) is 0.186. The maximum atomic E-state index is 15.7. The Bertz CT molecular complexity index is 1980. The molecule has 0 saturated heterocycles. The van der Waals surface area contributed by atoms with E-state index in [2.05, 4.69) is 25.8 Å². The first-order chi connectivity index (χ1) is 22.4. The molecule has 244 valence electrons. The Balaban J connectivity index is 1.48. The fourth-order valence-corrected chi connectivity index (χ4v) is 8.58. The van der Waals surface area contributed by atoms with Crippen molar-refractivity contribution in [3.63, 3.8) is 0 Å². The van der Waals surface area contributed by atoms with Gasteiger partial charge in [-0.2, -0.15) is 16.9 Å². The molecule has 1 unspecified atom stereocenters. The molecule has 3 aromatic carbocycles. The van der Waals surface area contributed by atoms with Crippen LogP contribution >= 0.6 is 23.5 Å². The molecule has 2 aromatic heterocycles. The number of nitrogens with zero attached hydrogens (tertiary/aromatic N) is 3. The van der Waals surface area contributed by atoms with Crippen molar-refractivity contribution in [3.05, 3.63) is 101 Å². The van der Waals surface area contributed by atoms with E-state index in [4.69, 9.17) is 10.1 Å². The van der Waals surface area contributed by atoms with Gasteiger partial charge in [-0.05, 0) is 96.2 Å². The van der Waals surface area contributed by atoms with Gasteiger partial charge < -0.3 is 10.1 Å². The Hall–Kier alpha value is -3.89. The number of carbonyl (C=O) groups is 1. The summed E-state index contributed by atoms with van der Waals surface area (Å²) in [6, 6.07) is 16.1. The molecule has 0 fully saturated rings. The van der Waals surface area contributed by atoms with E-state index in [0.717, 1.165) is 64.4 Å². The summed E-state index contributed by atoms with van der Waals surface area (Å²) in [6.07, 6.45) is 7.86. The number of aromatic nitrogens is 4. The van der Waals surface area contributed by atoms with Gasteiger partial charge in [-0.15, -0.1) is 0 Å². The van der Waals surface area contributed by atoms with Crippen LogP contribution in [0.5, 0.6) is 0 Å². The van der Waals surface area contributed by atoms with Crippen LogP contribution in [0.2, 0.25) is 0 Å². The van der Waals surface area contributed by atoms with E-state index in [1.54, 1.807) is 29.9 Å². The van der Waals surface area contributed by atoms with E-state index in [1.165, 1.54) is 23.9 Å². The predicted molar refractivity (Wildman–Crippen MR) is 187 cm³/mol. The van der Waals surface area contributed by atoms with Crippen LogP contribution in [0.25, 0.3) is 28.4 Å². The minimum atomic E-state index is -1.01. The summed E-state index contributed by atoms with van der Waals surface area (Å²) in [5.41, 5.74) is 3.15. The first-order valence-electron chi connectivity index (χ1n) is 15.7. The minimum Gasteiger partial charge on any atom is -0.478 e. The molecule has 3 heterocycles. The standard InChI is InChI=1S/C37H38F2N4O2S2/c1-36(2)15-6-16-37(3,24-8-5-7-23(19-24)9-12-32(44)45)35-41-34(43(4)42-35)28-20-25(10-11-29(28)38)47-33-27(14-18-46-22-36)26-13-17-40-31(26)21-30(33)39/h5,7-13,17,19-21,40H,6,14-16,18,22H2,1-4H3,(H,44,45)/b12-9+. The van der Waals surface area contributed by atoms with Crippen molar-refractivity contribution in [2.24, 2.45) is 12.5 Å². The molecule has 4 bridgehead atoms. The summed E-state index contributed by atoms with van der Waals surface area (Å²) in [5.74, 6) is 0.998. The van der Waals surface area contributed by atoms with Crippen molar-refractivity contribution in [2.75, 3.05) is 11.5 Å². The van der Waals surface area contributed by atoms with Crippen molar-refractivity contribution >= 4 is 46.5 Å². The van der Waals surface area contributed by atoms with Crippen molar-refractivity contribution in [1.29, 1.82) is 0 Å². The lowest BCUT2D eigenvalue weighted by Crippen LogP contribution is -2.27. The average molecular weight is 673 g/mol. The lowest BCUT2D eigenvalue weighted by atomic mass is 9.75. The number of aliphatic carboxylic acids is 1. The SMILES string of the molecule is Cn1nc2nc1-c1cc(ccc1F)Sc1c(F)cc3[nH]ccc3c1CCSCC(C)(C)CCCC2(C)c1cccc(/C=C/C(=O)O)c1. The van der Waals surface area contributed by atoms with Gasteiger partial charge in [0.15, 0.2) is 11.6 Å². The fourth-order valence-electron chi connectivity index (χ4n) is 6.35. The molecule has 0 spiro atoms. The lowest BCUT2D eigenvalue weighted by molar-refractivity contribution is -0.131. The Morgan fingerprint density at radius 2 is 1.89 bits per heavy atom. The topological polar surface area (TPSA) is 83.8 Å². The number of thioether (sulfide) groups is 1. The Labute approximate surface area is 282 Å². The highest BCUT2D eigenvalue weighted by Crippen LogP contribution is 2.42. The van der Waals surface area contributed by atoms with Crippen molar-refractivity contribution in [3.8, 4) is 11.4 Å². The molecule has 0 radical (unpaired) electrons. The van der Waals surface area contributed by atoms with Crippen LogP contribution in [0.3, 0.4) is 0 Å². The number of fused-ring (bicyclic) bond motifs is 8. The van der Waals surface area contributed by atoms with Gasteiger partial charge in [-0.1, -0.05) is 56.3 Å². The minimum absolute atomic E-state index is 0.0509. The number of rotatable bonds is 3. The molecule has 2 N–H and O–H groups in total. The van der Waals surface area contributed by atoms with Gasteiger partial charge in [0.2, 0.25) is 0 Å². The first kappa shape index (κ1) is 33.0. The normalized spacial score (nSPS) is 18.9. The van der Waals surface area contributed by atoms with Crippen LogP contribution < -0.4 is 0 Å². The molecule has 1 atom stereocenters. The second-order valence-corrected chi connectivity index (χ2v) is 15.4.